The summed E-state index contributed by atoms with van der Waals surface area (Å²) in [5.41, 5.74) is 0.753. The zero-order chi connectivity index (χ0) is 10.8. The molecule has 0 bridgehead atoms. The third-order valence-corrected chi connectivity index (χ3v) is 3.52. The standard InChI is InChI=1S/C9H9BrN2O2S/c1-2-7(13)14-5-6-8(10)12-3-4-15-9(12)11-6/h3-4H,2,5H2,1H3. The van der Waals surface area contributed by atoms with Gasteiger partial charge in [0.15, 0.2) is 4.96 Å². The van der Waals surface area contributed by atoms with Crippen LogP contribution in [0.2, 0.25) is 0 Å². The Morgan fingerprint density at radius 3 is 3.20 bits per heavy atom. The van der Waals surface area contributed by atoms with Crippen molar-refractivity contribution >= 4 is 38.2 Å². The van der Waals surface area contributed by atoms with Crippen LogP contribution in [0, 0.1) is 0 Å². The average Bonchev–Trinajstić information content (AvgIpc) is 2.79. The highest BCUT2D eigenvalue weighted by atomic mass is 79.9. The molecule has 2 heterocycles. The maximum atomic E-state index is 11.0. The normalized spacial score (nSPS) is 10.8. The monoisotopic (exact) mass is 288 g/mol. The summed E-state index contributed by atoms with van der Waals surface area (Å²) >= 11 is 4.96. The first-order chi connectivity index (χ1) is 7.22. The highest BCUT2D eigenvalue weighted by Crippen LogP contribution is 2.22. The molecule has 0 unspecified atom stereocenters. The predicted octanol–water partition coefficient (Wildman–Crippen LogP) is 2.61. The number of hydrogen-bond donors (Lipinski definition) is 0. The largest absolute Gasteiger partial charge is 0.459 e. The van der Waals surface area contributed by atoms with Gasteiger partial charge in [0.05, 0.1) is 0 Å². The van der Waals surface area contributed by atoms with Crippen molar-refractivity contribution in [2.75, 3.05) is 0 Å². The van der Waals surface area contributed by atoms with Crippen molar-refractivity contribution in [1.82, 2.24) is 9.38 Å². The van der Waals surface area contributed by atoms with E-state index in [9.17, 15) is 4.79 Å². The maximum Gasteiger partial charge on any atom is 0.305 e. The van der Waals surface area contributed by atoms with Crippen LogP contribution in [-0.4, -0.2) is 15.4 Å². The smallest absolute Gasteiger partial charge is 0.305 e. The van der Waals surface area contributed by atoms with Gasteiger partial charge in [0.25, 0.3) is 0 Å². The molecule has 0 aliphatic heterocycles. The number of hydrogen-bond acceptors (Lipinski definition) is 4. The molecule has 6 heteroatoms. The predicted molar refractivity (Wildman–Crippen MR) is 60.9 cm³/mol. The Labute approximate surface area is 99.0 Å². The zero-order valence-corrected chi connectivity index (χ0v) is 10.5. The molecule has 15 heavy (non-hydrogen) atoms. The van der Waals surface area contributed by atoms with E-state index in [4.69, 9.17) is 4.74 Å². The van der Waals surface area contributed by atoms with Crippen LogP contribution in [0.1, 0.15) is 19.0 Å². The van der Waals surface area contributed by atoms with Crippen LogP contribution in [-0.2, 0) is 16.1 Å². The topological polar surface area (TPSA) is 43.6 Å². The van der Waals surface area contributed by atoms with Gasteiger partial charge in [0.2, 0.25) is 0 Å². The van der Waals surface area contributed by atoms with Gasteiger partial charge in [-0.3, -0.25) is 9.20 Å². The Hall–Kier alpha value is -0.880. The average molecular weight is 289 g/mol. The van der Waals surface area contributed by atoms with Crippen molar-refractivity contribution in [3.63, 3.8) is 0 Å². The molecule has 0 saturated carbocycles. The van der Waals surface area contributed by atoms with E-state index in [1.165, 1.54) is 0 Å². The number of fused-ring (bicyclic) bond motifs is 1. The molecule has 4 nitrogen and oxygen atoms in total. The summed E-state index contributed by atoms with van der Waals surface area (Å²) in [7, 11) is 0. The molecule has 80 valence electrons. The number of halogens is 1. The Balaban J connectivity index is 2.17. The molecule has 0 spiro atoms. The zero-order valence-electron chi connectivity index (χ0n) is 8.07. The van der Waals surface area contributed by atoms with Crippen LogP contribution >= 0.6 is 27.3 Å². The molecule has 2 aromatic heterocycles. The summed E-state index contributed by atoms with van der Waals surface area (Å²) in [6.45, 7) is 1.99. The number of carbonyl (C=O) groups excluding carboxylic acids is 1. The fourth-order valence-corrected chi connectivity index (χ4v) is 2.49. The van der Waals surface area contributed by atoms with E-state index >= 15 is 0 Å². The molecule has 2 rings (SSSR count). The van der Waals surface area contributed by atoms with Gasteiger partial charge in [-0.1, -0.05) is 6.92 Å². The number of imidazole rings is 1. The summed E-state index contributed by atoms with van der Waals surface area (Å²) < 4.78 is 7.78. The van der Waals surface area contributed by atoms with Crippen LogP contribution < -0.4 is 0 Å². The summed E-state index contributed by atoms with van der Waals surface area (Å²) in [6.07, 6.45) is 2.31. The summed E-state index contributed by atoms with van der Waals surface area (Å²) in [4.78, 5) is 16.2. The van der Waals surface area contributed by atoms with Gasteiger partial charge in [-0.05, 0) is 15.9 Å². The minimum absolute atomic E-state index is 0.210. The third-order valence-electron chi connectivity index (χ3n) is 1.93. The van der Waals surface area contributed by atoms with E-state index in [-0.39, 0.29) is 12.6 Å². The molecule has 0 aliphatic carbocycles. The molecular weight excluding hydrogens is 280 g/mol. The highest BCUT2D eigenvalue weighted by Gasteiger charge is 2.11. The van der Waals surface area contributed by atoms with Gasteiger partial charge < -0.3 is 4.74 Å². The molecule has 0 saturated heterocycles. The first-order valence-corrected chi connectivity index (χ1v) is 6.15. The quantitative estimate of drug-likeness (QED) is 0.816. The van der Waals surface area contributed by atoms with Crippen LogP contribution in [0.25, 0.3) is 4.96 Å². The van der Waals surface area contributed by atoms with E-state index in [2.05, 4.69) is 20.9 Å². The van der Waals surface area contributed by atoms with Gasteiger partial charge >= 0.3 is 5.97 Å². The van der Waals surface area contributed by atoms with Crippen LogP contribution in [0.15, 0.2) is 16.2 Å². The van der Waals surface area contributed by atoms with Crippen molar-refractivity contribution in [2.45, 2.75) is 20.0 Å². The fourth-order valence-electron chi connectivity index (χ4n) is 1.15. The van der Waals surface area contributed by atoms with Crippen LogP contribution in [0.3, 0.4) is 0 Å². The van der Waals surface area contributed by atoms with Gasteiger partial charge in [0.1, 0.15) is 16.9 Å². The minimum Gasteiger partial charge on any atom is -0.459 e. The van der Waals surface area contributed by atoms with E-state index in [1.54, 1.807) is 18.3 Å². The fraction of sp³-hybridized carbons (Fsp3) is 0.333. The second-order valence-corrected chi connectivity index (χ2v) is 4.54. The third kappa shape index (κ3) is 2.05. The molecule has 0 amide bonds. The molecular formula is C9H9BrN2O2S. The van der Waals surface area contributed by atoms with Crippen molar-refractivity contribution in [3.8, 4) is 0 Å². The molecule has 0 aliphatic rings. The van der Waals surface area contributed by atoms with E-state index in [0.29, 0.717) is 6.42 Å². The van der Waals surface area contributed by atoms with E-state index in [0.717, 1.165) is 15.3 Å². The molecule has 0 radical (unpaired) electrons. The number of thiazole rings is 1. The van der Waals surface area contributed by atoms with Crippen molar-refractivity contribution < 1.29 is 9.53 Å². The van der Waals surface area contributed by atoms with Crippen LogP contribution in [0.5, 0.6) is 0 Å². The second-order valence-electron chi connectivity index (χ2n) is 2.92. The number of aromatic nitrogens is 2. The summed E-state index contributed by atoms with van der Waals surface area (Å²) in [5.74, 6) is -0.210. The summed E-state index contributed by atoms with van der Waals surface area (Å²) in [6, 6.07) is 0. The number of esters is 1. The minimum atomic E-state index is -0.210. The van der Waals surface area contributed by atoms with E-state index < -0.39 is 0 Å². The van der Waals surface area contributed by atoms with Gasteiger partial charge in [-0.15, -0.1) is 11.3 Å². The van der Waals surface area contributed by atoms with E-state index in [1.807, 2.05) is 16.0 Å². The first-order valence-electron chi connectivity index (χ1n) is 4.48. The Kier molecular flexibility index (Phi) is 3.06. The SMILES string of the molecule is CCC(=O)OCc1nc2sccn2c1Br. The molecule has 2 aromatic rings. The molecule has 0 aromatic carbocycles. The molecule has 0 fully saturated rings. The summed E-state index contributed by atoms with van der Waals surface area (Å²) in [5, 5.41) is 1.95. The number of carbonyl (C=O) groups is 1. The molecule has 0 atom stereocenters. The lowest BCUT2D eigenvalue weighted by Crippen LogP contribution is -2.02. The lowest BCUT2D eigenvalue weighted by molar-refractivity contribution is -0.144. The lowest BCUT2D eigenvalue weighted by Gasteiger charge is -2.00. The molecule has 0 N–H and O–H groups in total. The Morgan fingerprint density at radius 2 is 2.53 bits per heavy atom. The van der Waals surface area contributed by atoms with Gasteiger partial charge in [-0.25, -0.2) is 4.98 Å². The highest BCUT2D eigenvalue weighted by molar-refractivity contribution is 9.10. The van der Waals surface area contributed by atoms with Crippen LogP contribution in [0.4, 0.5) is 0 Å². The first kappa shape index (κ1) is 10.6. The Bertz CT molecular complexity index is 491. The van der Waals surface area contributed by atoms with Crippen molar-refractivity contribution in [2.24, 2.45) is 0 Å². The van der Waals surface area contributed by atoms with Gasteiger partial charge in [-0.2, -0.15) is 0 Å². The second kappa shape index (κ2) is 4.32. The van der Waals surface area contributed by atoms with Crippen molar-refractivity contribution in [1.29, 1.82) is 0 Å². The van der Waals surface area contributed by atoms with Gasteiger partial charge in [0, 0.05) is 18.0 Å². The number of ether oxygens (including phenoxy) is 1. The number of rotatable bonds is 3. The lowest BCUT2D eigenvalue weighted by atomic mass is 10.5. The maximum absolute atomic E-state index is 11.0. The number of nitrogens with zero attached hydrogens (tertiary/aromatic N) is 2. The van der Waals surface area contributed by atoms with Crippen molar-refractivity contribution in [3.05, 3.63) is 21.9 Å². The Morgan fingerprint density at radius 1 is 1.73 bits per heavy atom.